The predicted molar refractivity (Wildman–Crippen MR) is 436 cm³/mol. The highest BCUT2D eigenvalue weighted by Gasteiger charge is 2.35. The zero-order valence-corrected chi connectivity index (χ0v) is 67.8. The van der Waals surface area contributed by atoms with E-state index in [1.807, 2.05) is 41.4 Å². The summed E-state index contributed by atoms with van der Waals surface area (Å²) in [6, 6.07) is 14.5. The van der Waals surface area contributed by atoms with E-state index in [1.165, 1.54) is 94.2 Å². The lowest BCUT2D eigenvalue weighted by atomic mass is 9.95. The molecule has 5 amide bonds. The molecule has 12 heterocycles. The number of nitrogens with one attached hydrogen (secondary N) is 6. The Bertz CT molecular complexity index is 5220. The molecule has 38 heteroatoms. The highest BCUT2D eigenvalue weighted by Crippen LogP contribution is 2.33. The van der Waals surface area contributed by atoms with E-state index in [4.69, 9.17) is 41.0 Å². The van der Waals surface area contributed by atoms with E-state index >= 15 is 0 Å². The molecule has 6 atom stereocenters. The zero-order chi connectivity index (χ0) is 83.6. The first-order chi connectivity index (χ1) is 55.9. The van der Waals surface area contributed by atoms with Crippen LogP contribution in [0.2, 0.25) is 5.15 Å². The second kappa shape index (κ2) is 37.5. The van der Waals surface area contributed by atoms with Crippen molar-refractivity contribution in [3.8, 4) is 0 Å². The second-order valence-corrected chi connectivity index (χ2v) is 32.2. The van der Waals surface area contributed by atoms with Gasteiger partial charge in [-0.15, -0.1) is 0 Å². The van der Waals surface area contributed by atoms with Crippen molar-refractivity contribution in [2.24, 2.45) is 0 Å². The van der Waals surface area contributed by atoms with Crippen molar-refractivity contribution in [2.45, 2.75) is 204 Å². The quantitative estimate of drug-likeness (QED) is 0.0411. The SMILES string of the molecule is CN(C(=O)OC(C)(C)C)c1cc(Cl)nc2c(C(=O)NC3COC[C@H]3O)cnn12.CN(C(=O)OC(C)(C)C)c1cc(Nc2cccn(C3CCCCC3)c2=O)nc2c(C(=O)NC3COC[C@H]3O)cnn12.CNc1cc(Nc2cccn(C3CCCCC3)c2=O)nc2c(C(=O)NC3COC[C@H]3O)cnn12.Nc1cccn(C2CCCCC2)c1=O. The van der Waals surface area contributed by atoms with Crippen LogP contribution in [0.4, 0.5) is 55.7 Å². The van der Waals surface area contributed by atoms with Gasteiger partial charge in [-0.05, 0) is 116 Å². The van der Waals surface area contributed by atoms with Crippen molar-refractivity contribution in [1.29, 1.82) is 0 Å². The Hall–Kier alpha value is -11.1. The number of nitrogens with zero attached hydrogens (tertiary/aromatic N) is 14. The van der Waals surface area contributed by atoms with Gasteiger partial charge in [0.15, 0.2) is 16.9 Å². The number of aliphatic hydroxyl groups excluding tert-OH is 3. The van der Waals surface area contributed by atoms with Gasteiger partial charge in [0.25, 0.3) is 34.4 Å². The highest BCUT2D eigenvalue weighted by molar-refractivity contribution is 6.30. The van der Waals surface area contributed by atoms with Crippen LogP contribution in [-0.2, 0) is 23.7 Å². The van der Waals surface area contributed by atoms with Crippen molar-refractivity contribution in [3.05, 3.63) is 145 Å². The number of anilines is 8. The number of hydrogen-bond donors (Lipinski definition) is 10. The minimum Gasteiger partial charge on any atom is -0.443 e. The van der Waals surface area contributed by atoms with E-state index in [0.29, 0.717) is 40.4 Å². The summed E-state index contributed by atoms with van der Waals surface area (Å²) >= 11 is 6.11. The van der Waals surface area contributed by atoms with Crippen LogP contribution in [0, 0.1) is 0 Å². The minimum atomic E-state index is -0.829. The van der Waals surface area contributed by atoms with E-state index in [1.54, 1.807) is 88.1 Å². The van der Waals surface area contributed by atoms with Gasteiger partial charge in [-0.1, -0.05) is 69.4 Å². The van der Waals surface area contributed by atoms with Crippen molar-refractivity contribution in [2.75, 3.05) is 92.3 Å². The molecule has 3 saturated carbocycles. The number of carbonyl (C=O) groups is 5. The van der Waals surface area contributed by atoms with Crippen LogP contribution in [0.5, 0.6) is 0 Å². The third-order valence-corrected chi connectivity index (χ3v) is 21.0. The molecule has 0 spiro atoms. The van der Waals surface area contributed by atoms with Crippen molar-refractivity contribution in [3.63, 3.8) is 0 Å². The Morgan fingerprint density at radius 2 is 0.846 bits per heavy atom. The van der Waals surface area contributed by atoms with Crippen LogP contribution in [0.25, 0.3) is 16.9 Å². The number of aliphatic hydroxyl groups is 3. The molecule has 3 aliphatic carbocycles. The third-order valence-electron chi connectivity index (χ3n) is 20.8. The maximum atomic E-state index is 13.4. The molecule has 0 bridgehead atoms. The fourth-order valence-corrected chi connectivity index (χ4v) is 14.9. The lowest BCUT2D eigenvalue weighted by Gasteiger charge is -2.25. The molecule has 9 aromatic rings. The number of hydrogen-bond acceptors (Lipinski definition) is 26. The van der Waals surface area contributed by atoms with E-state index in [9.17, 15) is 53.7 Å². The van der Waals surface area contributed by atoms with Gasteiger partial charge in [0.1, 0.15) is 73.5 Å². The number of carbonyl (C=O) groups excluding carboxylic acids is 5. The van der Waals surface area contributed by atoms with Gasteiger partial charge in [-0.2, -0.15) is 28.8 Å². The van der Waals surface area contributed by atoms with Gasteiger partial charge < -0.3 is 90.3 Å². The Morgan fingerprint density at radius 3 is 1.22 bits per heavy atom. The molecule has 11 N–H and O–H groups in total. The molecule has 6 fully saturated rings. The van der Waals surface area contributed by atoms with Gasteiger partial charge in [0.2, 0.25) is 0 Å². The third kappa shape index (κ3) is 20.7. The summed E-state index contributed by atoms with van der Waals surface area (Å²) in [7, 11) is 4.77. The number of nitrogens with two attached hydrogens (primary N) is 1. The van der Waals surface area contributed by atoms with Crippen LogP contribution in [0.3, 0.4) is 0 Å². The van der Waals surface area contributed by atoms with Crippen molar-refractivity contribution < 1.29 is 63.0 Å². The van der Waals surface area contributed by atoms with Crippen LogP contribution in [-0.4, -0.2) is 211 Å². The van der Waals surface area contributed by atoms with E-state index in [2.05, 4.69) is 62.1 Å². The number of halogens is 1. The van der Waals surface area contributed by atoms with Crippen LogP contribution >= 0.6 is 11.6 Å². The fourth-order valence-electron chi connectivity index (χ4n) is 14.7. The summed E-state index contributed by atoms with van der Waals surface area (Å²) in [6.45, 7) is 11.7. The van der Waals surface area contributed by atoms with Gasteiger partial charge in [-0.3, -0.25) is 38.6 Å². The fraction of sp³-hybridized carbons (Fsp3) is 0.519. The number of amides is 5. The molecule has 3 unspecified atom stereocenters. The van der Waals surface area contributed by atoms with Crippen molar-refractivity contribution >= 4 is 105 Å². The first-order valence-corrected chi connectivity index (χ1v) is 39.9. The Kier molecular flexibility index (Phi) is 27.3. The topological polar surface area (TPSA) is 453 Å². The number of fused-ring (bicyclic) bond motifs is 3. The van der Waals surface area contributed by atoms with E-state index in [-0.39, 0.29) is 119 Å². The van der Waals surface area contributed by atoms with E-state index in [0.717, 1.165) is 64.2 Å². The molecule has 0 radical (unpaired) electrons. The number of rotatable bonds is 16. The average Bonchev–Trinajstić information content (AvgIpc) is 1.65. The molecule has 15 rings (SSSR count). The highest BCUT2D eigenvalue weighted by atomic mass is 35.5. The molecule has 628 valence electrons. The molecular formula is C79H104ClN21O16. The molecule has 9 aromatic heterocycles. The van der Waals surface area contributed by atoms with Crippen molar-refractivity contribution in [1.82, 2.24) is 73.4 Å². The minimum absolute atomic E-state index is 0.0283. The molecule has 6 aliphatic rings. The Balaban J connectivity index is 0.000000151. The maximum absolute atomic E-state index is 13.4. The lowest BCUT2D eigenvalue weighted by Crippen LogP contribution is -2.42. The smallest absolute Gasteiger partial charge is 0.415 e. The second-order valence-electron chi connectivity index (χ2n) is 31.8. The van der Waals surface area contributed by atoms with Gasteiger partial charge >= 0.3 is 12.2 Å². The average molecular weight is 1640 g/mol. The summed E-state index contributed by atoms with van der Waals surface area (Å²) in [5, 5.41) is 60.2. The molecular weight excluding hydrogens is 1530 g/mol. The van der Waals surface area contributed by atoms with Gasteiger partial charge in [0.05, 0.1) is 100 Å². The summed E-state index contributed by atoms with van der Waals surface area (Å²) in [5.74, 6) is 0.394. The van der Waals surface area contributed by atoms with Gasteiger partial charge in [0, 0.05) is 76.1 Å². The lowest BCUT2D eigenvalue weighted by molar-refractivity contribution is 0.0577. The summed E-state index contributed by atoms with van der Waals surface area (Å²) < 4.78 is 36.1. The van der Waals surface area contributed by atoms with Gasteiger partial charge in [-0.25, -0.2) is 24.5 Å². The van der Waals surface area contributed by atoms with Crippen LogP contribution < -0.4 is 64.1 Å². The number of pyridine rings is 3. The Morgan fingerprint density at radius 1 is 0.496 bits per heavy atom. The first kappa shape index (κ1) is 85.3. The normalized spacial score (nSPS) is 19.9. The van der Waals surface area contributed by atoms with Crippen LogP contribution in [0.15, 0.2) is 106 Å². The molecule has 37 nitrogen and oxygen atoms in total. The largest absolute Gasteiger partial charge is 0.443 e. The Labute approximate surface area is 678 Å². The summed E-state index contributed by atoms with van der Waals surface area (Å²) in [6.07, 6.45) is 22.7. The van der Waals surface area contributed by atoms with Crippen LogP contribution in [0.1, 0.15) is 187 Å². The molecule has 0 aromatic carbocycles. The van der Waals surface area contributed by atoms with E-state index < -0.39 is 77.5 Å². The first-order valence-electron chi connectivity index (χ1n) is 39.5. The summed E-state index contributed by atoms with van der Waals surface area (Å²) in [4.78, 5) is 118. The maximum Gasteiger partial charge on any atom is 0.415 e. The molecule has 3 aliphatic heterocycles. The predicted octanol–water partition coefficient (Wildman–Crippen LogP) is 7.85. The molecule has 3 saturated heterocycles. The molecule has 117 heavy (non-hydrogen) atoms. The number of nitrogen functional groups attached to an aromatic ring is 1. The standard InChI is InChI=1S/C28H37N7O6.C23H29N7O4.C17H22ClN5O5.C11H16N2O/c1-28(2,3)41-27(39)33(4)23-13-22(30-19-11-8-12-34(26(19)38)17-9-6-5-7-10-17)32-24-18(14-29-35(23)24)25(37)31-20-15-40-16-21(20)36;1-24-20-10-19(26-16-8-5-9-29(23(16)33)14-6-3-2-4-7-14)28-21-15(11-25-30(20)21)22(32)27-17-12-34-13-18(17)31;1-17(2,3)28-16(26)22(4)13-5-12(18)21-14-9(6-19-23(13)14)15(25)20-10-7-27-8-11(10)24;12-10-7-4-8-13(11(10)14)9-5-2-1-3-6-9/h8,11-14,17,20-21,36H,5-7,9-10,15-16H2,1-4H3,(H,30,32)(H,31,37);5,8-11,14,17-18,24,31H,2-4,6-7,12-13H2,1H3,(H,26,28)(H,27,32);5-6,10-11,24H,7-8H2,1-4H3,(H,20,25);4,7-9H,1-3,5-6,12H2/t20?,21-;17?,18-;10?,11-;/m111./s1. The number of aromatic nitrogens is 12. The zero-order valence-electron chi connectivity index (χ0n) is 67.1. The summed E-state index contributed by atoms with van der Waals surface area (Å²) in [5.41, 5.74) is 6.14. The number of ether oxygens (including phenoxy) is 5. The monoisotopic (exact) mass is 1640 g/mol.